The molecule has 0 radical (unpaired) electrons. The normalized spacial score (nSPS) is 59.7. The highest BCUT2D eigenvalue weighted by Crippen LogP contribution is 2.72. The fraction of sp³-hybridized carbons (Fsp3) is 0.889. The van der Waals surface area contributed by atoms with Crippen LogP contribution in [0.4, 0.5) is 0 Å². The summed E-state index contributed by atoms with van der Waals surface area (Å²) >= 11 is 0. The average molecular weight is 427 g/mol. The zero-order valence-corrected chi connectivity index (χ0v) is 19.4. The Morgan fingerprint density at radius 2 is 1.94 bits per heavy atom. The number of rotatable bonds is 0. The SMILES string of the molecule is C[C@@H]1CC[C@@]2(OC1)O[C@H]1C[C@H]3[C@@H]4C[C@H]5OC[C@@]6(CCC(=O)C=C56)[C@H]4CC[C@]3(C)[C@H]1[C@@H]2C. The van der Waals surface area contributed by atoms with E-state index < -0.39 is 0 Å². The van der Waals surface area contributed by atoms with Gasteiger partial charge in [-0.1, -0.05) is 20.8 Å². The molecular formula is C27H38O4. The molecule has 6 fully saturated rings. The Hall–Kier alpha value is -0.710. The van der Waals surface area contributed by atoms with Crippen LogP contribution >= 0.6 is 0 Å². The zero-order valence-electron chi connectivity index (χ0n) is 19.4. The Bertz CT molecular complexity index is 840. The molecule has 7 aliphatic rings. The second-order valence-corrected chi connectivity index (χ2v) is 12.7. The highest BCUT2D eigenvalue weighted by atomic mass is 16.7. The number of carbonyl (C=O) groups excluding carboxylic acids is 1. The molecule has 11 atom stereocenters. The van der Waals surface area contributed by atoms with Crippen LogP contribution in [0.1, 0.15) is 72.1 Å². The van der Waals surface area contributed by atoms with Crippen molar-refractivity contribution in [2.24, 2.45) is 46.3 Å². The van der Waals surface area contributed by atoms with E-state index in [0.717, 1.165) is 44.3 Å². The van der Waals surface area contributed by atoms with Crippen molar-refractivity contribution in [3.05, 3.63) is 11.6 Å². The summed E-state index contributed by atoms with van der Waals surface area (Å²) in [6.45, 7) is 9.03. The van der Waals surface area contributed by atoms with Crippen molar-refractivity contribution in [2.75, 3.05) is 13.2 Å². The number of hydrogen-bond donors (Lipinski definition) is 0. The van der Waals surface area contributed by atoms with E-state index in [2.05, 4.69) is 20.8 Å². The van der Waals surface area contributed by atoms with Crippen molar-refractivity contribution < 1.29 is 19.0 Å². The molecule has 0 N–H and O–H groups in total. The predicted octanol–water partition coefficient (Wildman–Crippen LogP) is 4.91. The third kappa shape index (κ3) is 2.35. The second-order valence-electron chi connectivity index (χ2n) is 12.7. The zero-order chi connectivity index (χ0) is 21.2. The second kappa shape index (κ2) is 6.24. The third-order valence-corrected chi connectivity index (χ3v) is 11.5. The van der Waals surface area contributed by atoms with Crippen molar-refractivity contribution in [3.8, 4) is 0 Å². The van der Waals surface area contributed by atoms with Gasteiger partial charge in [0.15, 0.2) is 11.6 Å². The first kappa shape index (κ1) is 19.7. The maximum absolute atomic E-state index is 12.2. The minimum Gasteiger partial charge on any atom is -0.373 e. The molecule has 0 aromatic carbocycles. The standard InChI is InChI=1S/C27H38O4/c1-15-4-9-27(30-13-15)16(2)24-23(31-27)12-20-18-11-22-21-10-17(28)5-8-26(21,14-29-22)19(18)6-7-25(20,24)3/h10,15-16,18-20,22-24H,4-9,11-14H2,1-3H3/t15-,16+,18-,19+,20+,22-,23+,24+,25+,26+,27-/m1/s1. The Morgan fingerprint density at radius 1 is 1.06 bits per heavy atom. The highest BCUT2D eigenvalue weighted by Gasteiger charge is 2.70. The van der Waals surface area contributed by atoms with Gasteiger partial charge >= 0.3 is 0 Å². The molecule has 4 nitrogen and oxygen atoms in total. The summed E-state index contributed by atoms with van der Waals surface area (Å²) in [4.78, 5) is 12.2. The summed E-state index contributed by atoms with van der Waals surface area (Å²) in [5.74, 6) is 3.90. The molecule has 0 amide bonds. The lowest BCUT2D eigenvalue weighted by Crippen LogP contribution is -2.54. The van der Waals surface area contributed by atoms with Gasteiger partial charge in [0.1, 0.15) is 0 Å². The van der Waals surface area contributed by atoms with Crippen LogP contribution in [0.3, 0.4) is 0 Å². The van der Waals surface area contributed by atoms with Crippen LogP contribution < -0.4 is 0 Å². The molecule has 0 aromatic heterocycles. The Kier molecular flexibility index (Phi) is 3.97. The van der Waals surface area contributed by atoms with E-state index in [0.29, 0.717) is 47.4 Å². The van der Waals surface area contributed by atoms with Gasteiger partial charge in [0, 0.05) is 24.2 Å². The summed E-state index contributed by atoms with van der Waals surface area (Å²) in [5.41, 5.74) is 1.89. The molecule has 3 saturated heterocycles. The van der Waals surface area contributed by atoms with Crippen molar-refractivity contribution in [2.45, 2.75) is 90.1 Å². The van der Waals surface area contributed by atoms with Crippen molar-refractivity contribution in [1.82, 2.24) is 0 Å². The average Bonchev–Trinajstić information content (AvgIpc) is 3.30. The third-order valence-electron chi connectivity index (χ3n) is 11.5. The van der Waals surface area contributed by atoms with Crippen LogP contribution in [-0.2, 0) is 19.0 Å². The Morgan fingerprint density at radius 3 is 2.74 bits per heavy atom. The van der Waals surface area contributed by atoms with Gasteiger partial charge < -0.3 is 14.2 Å². The molecule has 2 bridgehead atoms. The van der Waals surface area contributed by atoms with Gasteiger partial charge in [0.25, 0.3) is 0 Å². The summed E-state index contributed by atoms with van der Waals surface area (Å²) in [7, 11) is 0. The smallest absolute Gasteiger partial charge is 0.171 e. The Labute approximate surface area is 186 Å². The summed E-state index contributed by atoms with van der Waals surface area (Å²) in [5, 5.41) is 0. The Balaban J connectivity index is 1.20. The molecule has 170 valence electrons. The molecular weight excluding hydrogens is 388 g/mol. The van der Waals surface area contributed by atoms with Gasteiger partial charge in [0.2, 0.25) is 0 Å². The van der Waals surface area contributed by atoms with E-state index in [-0.39, 0.29) is 17.3 Å². The quantitative estimate of drug-likeness (QED) is 0.552. The summed E-state index contributed by atoms with van der Waals surface area (Å²) in [6.07, 6.45) is 11.5. The minimum atomic E-state index is -0.320. The maximum atomic E-state index is 12.2. The fourth-order valence-corrected chi connectivity index (χ4v) is 10.1. The fourth-order valence-electron chi connectivity index (χ4n) is 10.1. The van der Waals surface area contributed by atoms with E-state index in [1.807, 2.05) is 6.08 Å². The number of ether oxygens (including phenoxy) is 3. The predicted molar refractivity (Wildman–Crippen MR) is 116 cm³/mol. The highest BCUT2D eigenvalue weighted by molar-refractivity contribution is 5.92. The summed E-state index contributed by atoms with van der Waals surface area (Å²) < 4.78 is 19.7. The van der Waals surface area contributed by atoms with Gasteiger partial charge in [0.05, 0.1) is 25.4 Å². The van der Waals surface area contributed by atoms with Crippen molar-refractivity contribution >= 4 is 5.78 Å². The largest absolute Gasteiger partial charge is 0.373 e. The number of fused-ring (bicyclic) bond motifs is 5. The first-order valence-electron chi connectivity index (χ1n) is 13.0. The topological polar surface area (TPSA) is 44.8 Å². The molecule has 4 aliphatic carbocycles. The van der Waals surface area contributed by atoms with Gasteiger partial charge in [-0.05, 0) is 85.2 Å². The number of carbonyl (C=O) groups is 1. The van der Waals surface area contributed by atoms with Crippen LogP contribution in [0.2, 0.25) is 0 Å². The lowest BCUT2D eigenvalue weighted by atomic mass is 9.46. The van der Waals surface area contributed by atoms with Gasteiger partial charge in [-0.15, -0.1) is 0 Å². The lowest BCUT2D eigenvalue weighted by Gasteiger charge is -2.57. The lowest BCUT2D eigenvalue weighted by molar-refractivity contribution is -0.272. The van der Waals surface area contributed by atoms with Gasteiger partial charge in [-0.3, -0.25) is 4.79 Å². The molecule has 3 aliphatic heterocycles. The van der Waals surface area contributed by atoms with E-state index in [1.54, 1.807) is 0 Å². The van der Waals surface area contributed by atoms with Gasteiger partial charge in [-0.25, -0.2) is 0 Å². The minimum absolute atomic E-state index is 0.164. The molecule has 31 heavy (non-hydrogen) atoms. The first-order chi connectivity index (χ1) is 14.9. The van der Waals surface area contributed by atoms with Crippen LogP contribution in [0, 0.1) is 46.3 Å². The van der Waals surface area contributed by atoms with E-state index >= 15 is 0 Å². The van der Waals surface area contributed by atoms with Gasteiger partial charge in [-0.2, -0.15) is 0 Å². The molecule has 0 unspecified atom stereocenters. The maximum Gasteiger partial charge on any atom is 0.171 e. The molecule has 3 saturated carbocycles. The van der Waals surface area contributed by atoms with Crippen LogP contribution in [0.5, 0.6) is 0 Å². The van der Waals surface area contributed by atoms with E-state index in [1.165, 1.54) is 31.3 Å². The van der Waals surface area contributed by atoms with Crippen LogP contribution in [-0.4, -0.2) is 37.0 Å². The molecule has 1 spiro atoms. The van der Waals surface area contributed by atoms with Crippen molar-refractivity contribution in [1.29, 1.82) is 0 Å². The monoisotopic (exact) mass is 426 g/mol. The van der Waals surface area contributed by atoms with Crippen LogP contribution in [0.25, 0.3) is 0 Å². The van der Waals surface area contributed by atoms with E-state index in [9.17, 15) is 4.79 Å². The first-order valence-corrected chi connectivity index (χ1v) is 13.0. The summed E-state index contributed by atoms with van der Waals surface area (Å²) in [6, 6.07) is 0. The number of ketones is 1. The van der Waals surface area contributed by atoms with Crippen LogP contribution in [0.15, 0.2) is 11.6 Å². The van der Waals surface area contributed by atoms with Crippen molar-refractivity contribution in [3.63, 3.8) is 0 Å². The number of hydrogen-bond acceptors (Lipinski definition) is 4. The molecule has 3 heterocycles. The van der Waals surface area contributed by atoms with E-state index in [4.69, 9.17) is 14.2 Å². The molecule has 4 heteroatoms. The molecule has 0 aromatic rings. The molecule has 7 rings (SSSR count).